The fourth-order valence-electron chi connectivity index (χ4n) is 4.63. The Bertz CT molecular complexity index is 316. The van der Waals surface area contributed by atoms with Crippen molar-refractivity contribution in [2.24, 2.45) is 5.92 Å². The standard InChI is InChI=1S/C30H58/c1-4-7-9-11-13-15-17-19-21-23-25-27-29-30(6-3)28-26-24-22-20-18-16-14-12-10-8-5-2/h5,8,30H,1-2,4,6-7,9-29H2,3H3. The molecule has 30 heavy (non-hydrogen) atoms. The summed E-state index contributed by atoms with van der Waals surface area (Å²) in [4.78, 5) is 0. The third-order valence-corrected chi connectivity index (χ3v) is 6.84. The predicted molar refractivity (Wildman–Crippen MR) is 140 cm³/mol. The van der Waals surface area contributed by atoms with Crippen molar-refractivity contribution in [3.63, 3.8) is 0 Å². The fourth-order valence-corrected chi connectivity index (χ4v) is 4.63. The average Bonchev–Trinajstić information content (AvgIpc) is 2.76. The highest BCUT2D eigenvalue weighted by atomic mass is 14.1. The molecule has 0 aliphatic rings. The molecular formula is C30H58. The van der Waals surface area contributed by atoms with E-state index in [-0.39, 0.29) is 0 Å². The molecule has 0 heteroatoms. The molecule has 178 valence electrons. The summed E-state index contributed by atoms with van der Waals surface area (Å²) in [7, 11) is 0. The zero-order valence-electron chi connectivity index (χ0n) is 21.1. The van der Waals surface area contributed by atoms with Crippen LogP contribution in [0.15, 0.2) is 12.2 Å². The molecule has 0 aromatic rings. The van der Waals surface area contributed by atoms with Crippen LogP contribution in [0.4, 0.5) is 0 Å². The van der Waals surface area contributed by atoms with Crippen molar-refractivity contribution in [3.05, 3.63) is 26.0 Å². The van der Waals surface area contributed by atoms with Crippen molar-refractivity contribution >= 4 is 0 Å². The first-order chi connectivity index (χ1) is 14.8. The Morgan fingerprint density at radius 2 is 0.900 bits per heavy atom. The van der Waals surface area contributed by atoms with E-state index in [0.29, 0.717) is 0 Å². The minimum absolute atomic E-state index is 1.00. The van der Waals surface area contributed by atoms with Gasteiger partial charge in [0.2, 0.25) is 0 Å². The molecule has 0 fully saturated rings. The van der Waals surface area contributed by atoms with Crippen LogP contribution in [-0.4, -0.2) is 0 Å². The van der Waals surface area contributed by atoms with Crippen molar-refractivity contribution < 1.29 is 0 Å². The summed E-state index contributed by atoms with van der Waals surface area (Å²) in [6.45, 7) is 10.1. The summed E-state index contributed by atoms with van der Waals surface area (Å²) in [5, 5.41) is 0. The first kappa shape index (κ1) is 29.7. The van der Waals surface area contributed by atoms with Gasteiger partial charge >= 0.3 is 0 Å². The lowest BCUT2D eigenvalue weighted by molar-refractivity contribution is 0.392. The van der Waals surface area contributed by atoms with Crippen LogP contribution in [0, 0.1) is 19.8 Å². The first-order valence-electron chi connectivity index (χ1n) is 14.1. The van der Waals surface area contributed by atoms with E-state index in [1.54, 1.807) is 0 Å². The van der Waals surface area contributed by atoms with Crippen LogP contribution >= 0.6 is 0 Å². The number of hydrogen-bond donors (Lipinski definition) is 0. The summed E-state index contributed by atoms with van der Waals surface area (Å²) in [6, 6.07) is 0. The summed E-state index contributed by atoms with van der Waals surface area (Å²) in [5.74, 6) is 1.00. The summed E-state index contributed by atoms with van der Waals surface area (Å²) < 4.78 is 0. The van der Waals surface area contributed by atoms with Crippen LogP contribution in [0.5, 0.6) is 0 Å². The molecule has 0 aliphatic carbocycles. The molecule has 0 N–H and O–H groups in total. The second-order valence-electron chi connectivity index (χ2n) is 9.68. The molecule has 2 radical (unpaired) electrons. The van der Waals surface area contributed by atoms with Gasteiger partial charge in [-0.2, -0.15) is 0 Å². The van der Waals surface area contributed by atoms with Gasteiger partial charge in [0.25, 0.3) is 0 Å². The molecule has 1 atom stereocenters. The zero-order chi connectivity index (χ0) is 22.0. The highest BCUT2D eigenvalue weighted by molar-refractivity contribution is 4.83. The Kier molecular flexibility index (Phi) is 26.5. The normalized spacial score (nSPS) is 12.8. The third kappa shape index (κ3) is 24.0. The summed E-state index contributed by atoms with van der Waals surface area (Å²) in [6.07, 6.45) is 38.3. The molecule has 0 aromatic carbocycles. The highest BCUT2D eigenvalue weighted by Gasteiger charge is 2.06. The highest BCUT2D eigenvalue weighted by Crippen LogP contribution is 2.22. The van der Waals surface area contributed by atoms with E-state index in [2.05, 4.69) is 26.8 Å². The topological polar surface area (TPSA) is 0 Å². The van der Waals surface area contributed by atoms with E-state index >= 15 is 0 Å². The molecule has 0 aromatic heterocycles. The molecule has 0 saturated carbocycles. The Morgan fingerprint density at radius 1 is 0.533 bits per heavy atom. The number of rotatable bonds is 25. The number of allylic oxidation sites excluding steroid dienone is 2. The van der Waals surface area contributed by atoms with Crippen LogP contribution in [0.2, 0.25) is 0 Å². The van der Waals surface area contributed by atoms with Crippen molar-refractivity contribution in [1.82, 2.24) is 0 Å². The van der Waals surface area contributed by atoms with E-state index in [0.717, 1.165) is 12.3 Å². The molecule has 0 bridgehead atoms. The second kappa shape index (κ2) is 26.8. The lowest BCUT2D eigenvalue weighted by Gasteiger charge is -2.14. The Morgan fingerprint density at radius 3 is 1.27 bits per heavy atom. The average molecular weight is 419 g/mol. The molecule has 1 unspecified atom stereocenters. The molecule has 0 heterocycles. The third-order valence-electron chi connectivity index (χ3n) is 6.84. The molecule has 0 nitrogen and oxygen atoms in total. The van der Waals surface area contributed by atoms with E-state index in [4.69, 9.17) is 0 Å². The van der Waals surface area contributed by atoms with Crippen molar-refractivity contribution in [2.75, 3.05) is 0 Å². The van der Waals surface area contributed by atoms with Crippen molar-refractivity contribution in [1.29, 1.82) is 0 Å². The lowest BCUT2D eigenvalue weighted by atomic mass is 9.92. The minimum atomic E-state index is 1.00. The first-order valence-corrected chi connectivity index (χ1v) is 14.1. The summed E-state index contributed by atoms with van der Waals surface area (Å²) >= 11 is 0. The van der Waals surface area contributed by atoms with Gasteiger partial charge in [-0.25, -0.2) is 0 Å². The van der Waals surface area contributed by atoms with Gasteiger partial charge in [-0.1, -0.05) is 167 Å². The molecule has 0 spiro atoms. The van der Waals surface area contributed by atoms with Crippen molar-refractivity contribution in [2.45, 2.75) is 161 Å². The molecule has 0 amide bonds. The Hall–Kier alpha value is -0.260. The maximum atomic E-state index is 3.92. The van der Waals surface area contributed by atoms with Gasteiger partial charge in [0.1, 0.15) is 0 Å². The lowest BCUT2D eigenvalue weighted by Crippen LogP contribution is -1.99. The SMILES string of the molecule is [CH2]C=CCCCCCCCCCCC(CC)CCCCCCCCCCCCC[CH2]. The van der Waals surface area contributed by atoms with Gasteiger partial charge in [-0.3, -0.25) is 0 Å². The van der Waals surface area contributed by atoms with Crippen molar-refractivity contribution in [3.8, 4) is 0 Å². The molecule has 0 aliphatic heterocycles. The predicted octanol–water partition coefficient (Wildman–Crippen LogP) is 11.2. The minimum Gasteiger partial charge on any atom is -0.0885 e. The number of unbranched alkanes of at least 4 members (excludes halogenated alkanes) is 19. The Labute approximate surface area is 193 Å². The van der Waals surface area contributed by atoms with E-state index in [1.807, 2.05) is 6.08 Å². The van der Waals surface area contributed by atoms with Gasteiger partial charge < -0.3 is 0 Å². The van der Waals surface area contributed by atoms with Crippen LogP contribution in [-0.2, 0) is 0 Å². The van der Waals surface area contributed by atoms with Gasteiger partial charge in [-0.15, -0.1) is 0 Å². The van der Waals surface area contributed by atoms with Crippen LogP contribution in [0.1, 0.15) is 161 Å². The molecule has 0 saturated heterocycles. The quantitative estimate of drug-likeness (QED) is 0.129. The Balaban J connectivity index is 3.28. The summed E-state index contributed by atoms with van der Waals surface area (Å²) in [5.41, 5.74) is 0. The van der Waals surface area contributed by atoms with Gasteiger partial charge in [0.15, 0.2) is 0 Å². The monoisotopic (exact) mass is 418 g/mol. The number of hydrogen-bond acceptors (Lipinski definition) is 0. The van der Waals surface area contributed by atoms with Crippen LogP contribution in [0.25, 0.3) is 0 Å². The smallest absolute Gasteiger partial charge is 0.0316 e. The maximum absolute atomic E-state index is 3.92. The van der Waals surface area contributed by atoms with E-state index in [1.165, 1.54) is 148 Å². The molecular weight excluding hydrogens is 360 g/mol. The zero-order valence-corrected chi connectivity index (χ0v) is 21.1. The van der Waals surface area contributed by atoms with Crippen LogP contribution < -0.4 is 0 Å². The van der Waals surface area contributed by atoms with Crippen LogP contribution in [0.3, 0.4) is 0 Å². The largest absolute Gasteiger partial charge is 0.0885 e. The van der Waals surface area contributed by atoms with Gasteiger partial charge in [0.05, 0.1) is 0 Å². The van der Waals surface area contributed by atoms with E-state index in [9.17, 15) is 0 Å². The van der Waals surface area contributed by atoms with Gasteiger partial charge in [0, 0.05) is 0 Å². The van der Waals surface area contributed by atoms with E-state index < -0.39 is 0 Å². The second-order valence-corrected chi connectivity index (χ2v) is 9.68. The fraction of sp³-hybridized carbons (Fsp3) is 0.867. The molecule has 0 rings (SSSR count). The van der Waals surface area contributed by atoms with Gasteiger partial charge in [-0.05, 0) is 25.7 Å². The maximum Gasteiger partial charge on any atom is -0.0316 e.